The van der Waals surface area contributed by atoms with Crippen LogP contribution >= 0.6 is 11.6 Å². The van der Waals surface area contributed by atoms with Gasteiger partial charge < -0.3 is 4.90 Å². The molecule has 1 N–H and O–H groups in total. The fourth-order valence-electron chi connectivity index (χ4n) is 1.43. The molecule has 8 heteroatoms. The monoisotopic (exact) mass is 312 g/mol. The third-order valence-electron chi connectivity index (χ3n) is 2.41. The summed E-state index contributed by atoms with van der Waals surface area (Å²) in [6.45, 7) is 0. The van der Waals surface area contributed by atoms with Crippen LogP contribution in [0.15, 0.2) is 41.6 Å². The minimum absolute atomic E-state index is 0.124. The molecular formula is C12H13ClN4O2S. The van der Waals surface area contributed by atoms with Crippen molar-refractivity contribution in [2.24, 2.45) is 0 Å². The standard InChI is InChI=1S/C12H13ClN4O2S/c1-17(2)12-14-7-10(8-15-12)16-20(18,19)11-5-3-9(13)4-6-11/h3-8,16H,1-2H3. The van der Waals surface area contributed by atoms with Crippen molar-refractivity contribution in [2.75, 3.05) is 23.7 Å². The Morgan fingerprint density at radius 2 is 1.65 bits per heavy atom. The van der Waals surface area contributed by atoms with Crippen LogP contribution in [0.25, 0.3) is 0 Å². The summed E-state index contributed by atoms with van der Waals surface area (Å²) in [7, 11) is -0.0684. The number of halogens is 1. The average Bonchev–Trinajstić information content (AvgIpc) is 2.39. The van der Waals surface area contributed by atoms with Gasteiger partial charge in [-0.1, -0.05) is 11.6 Å². The van der Waals surface area contributed by atoms with Crippen molar-refractivity contribution < 1.29 is 8.42 Å². The van der Waals surface area contributed by atoms with Crippen molar-refractivity contribution in [3.05, 3.63) is 41.7 Å². The second-order valence-corrected chi connectivity index (χ2v) is 6.34. The second-order valence-electron chi connectivity index (χ2n) is 4.23. The largest absolute Gasteiger partial charge is 0.347 e. The molecule has 0 unspecified atom stereocenters. The van der Waals surface area contributed by atoms with Gasteiger partial charge in [0, 0.05) is 19.1 Å². The third-order valence-corrected chi connectivity index (χ3v) is 4.06. The lowest BCUT2D eigenvalue weighted by Crippen LogP contribution is -2.15. The maximum Gasteiger partial charge on any atom is 0.261 e. The van der Waals surface area contributed by atoms with Gasteiger partial charge >= 0.3 is 0 Å². The van der Waals surface area contributed by atoms with Crippen LogP contribution < -0.4 is 9.62 Å². The Morgan fingerprint density at radius 3 is 2.15 bits per heavy atom. The zero-order chi connectivity index (χ0) is 14.8. The Morgan fingerprint density at radius 1 is 1.10 bits per heavy atom. The molecule has 2 rings (SSSR count). The molecule has 1 aromatic carbocycles. The highest BCUT2D eigenvalue weighted by Gasteiger charge is 2.14. The molecular weight excluding hydrogens is 300 g/mol. The van der Waals surface area contributed by atoms with Crippen LogP contribution in [-0.4, -0.2) is 32.5 Å². The van der Waals surface area contributed by atoms with Gasteiger partial charge in [0.25, 0.3) is 10.0 Å². The molecule has 1 heterocycles. The molecule has 2 aromatic rings. The number of aromatic nitrogens is 2. The maximum atomic E-state index is 12.1. The molecule has 0 atom stereocenters. The fourth-order valence-corrected chi connectivity index (χ4v) is 2.59. The van der Waals surface area contributed by atoms with Crippen LogP contribution in [0.3, 0.4) is 0 Å². The van der Waals surface area contributed by atoms with Gasteiger partial charge in [0.1, 0.15) is 0 Å². The van der Waals surface area contributed by atoms with Crippen molar-refractivity contribution >= 4 is 33.3 Å². The molecule has 0 aliphatic carbocycles. The quantitative estimate of drug-likeness (QED) is 0.934. The van der Waals surface area contributed by atoms with Crippen LogP contribution in [0.4, 0.5) is 11.6 Å². The summed E-state index contributed by atoms with van der Waals surface area (Å²) in [6, 6.07) is 5.89. The predicted octanol–water partition coefficient (Wildman–Crippen LogP) is 2.00. The summed E-state index contributed by atoms with van der Waals surface area (Å²) < 4.78 is 26.6. The van der Waals surface area contributed by atoms with Gasteiger partial charge in [-0.15, -0.1) is 0 Å². The topological polar surface area (TPSA) is 75.2 Å². The lowest BCUT2D eigenvalue weighted by atomic mass is 10.4. The summed E-state index contributed by atoms with van der Waals surface area (Å²) in [5.41, 5.74) is 0.297. The van der Waals surface area contributed by atoms with Crippen molar-refractivity contribution in [1.82, 2.24) is 9.97 Å². The normalized spacial score (nSPS) is 11.2. The van der Waals surface area contributed by atoms with Crippen molar-refractivity contribution in [3.63, 3.8) is 0 Å². The van der Waals surface area contributed by atoms with Gasteiger partial charge in [-0.25, -0.2) is 18.4 Å². The van der Waals surface area contributed by atoms with E-state index in [0.29, 0.717) is 16.7 Å². The van der Waals surface area contributed by atoms with Crippen molar-refractivity contribution in [1.29, 1.82) is 0 Å². The number of sulfonamides is 1. The van der Waals surface area contributed by atoms with E-state index in [1.165, 1.54) is 36.7 Å². The molecule has 106 valence electrons. The first-order chi connectivity index (χ1) is 9.38. The smallest absolute Gasteiger partial charge is 0.261 e. The van der Waals surface area contributed by atoms with Gasteiger partial charge in [0.2, 0.25) is 5.95 Å². The van der Waals surface area contributed by atoms with Gasteiger partial charge in [-0.2, -0.15) is 0 Å². The van der Waals surface area contributed by atoms with E-state index in [2.05, 4.69) is 14.7 Å². The molecule has 0 amide bonds. The number of hydrogen-bond donors (Lipinski definition) is 1. The van der Waals surface area contributed by atoms with Crippen LogP contribution in [-0.2, 0) is 10.0 Å². The fraction of sp³-hybridized carbons (Fsp3) is 0.167. The molecule has 0 fully saturated rings. The summed E-state index contributed by atoms with van der Waals surface area (Å²) in [6.07, 6.45) is 2.83. The number of nitrogens with zero attached hydrogens (tertiary/aromatic N) is 3. The molecule has 0 aliphatic rings. The van der Waals surface area contributed by atoms with E-state index in [9.17, 15) is 8.42 Å². The van der Waals surface area contributed by atoms with Crippen LogP contribution in [0, 0.1) is 0 Å². The first-order valence-corrected chi connectivity index (χ1v) is 7.52. The molecule has 0 bridgehead atoms. The highest BCUT2D eigenvalue weighted by Crippen LogP contribution is 2.17. The maximum absolute atomic E-state index is 12.1. The SMILES string of the molecule is CN(C)c1ncc(NS(=O)(=O)c2ccc(Cl)cc2)cn1. The van der Waals surface area contributed by atoms with Gasteiger partial charge in [0.15, 0.2) is 0 Å². The lowest BCUT2D eigenvalue weighted by molar-refractivity contribution is 0.601. The van der Waals surface area contributed by atoms with E-state index in [-0.39, 0.29) is 4.90 Å². The van der Waals surface area contributed by atoms with E-state index in [1.807, 2.05) is 0 Å². The first-order valence-electron chi connectivity index (χ1n) is 5.66. The molecule has 1 aromatic heterocycles. The summed E-state index contributed by atoms with van der Waals surface area (Å²) in [5, 5.41) is 0.475. The van der Waals surface area contributed by atoms with E-state index in [1.54, 1.807) is 19.0 Å². The minimum atomic E-state index is -3.67. The van der Waals surface area contributed by atoms with Gasteiger partial charge in [-0.05, 0) is 24.3 Å². The van der Waals surface area contributed by atoms with Crippen LogP contribution in [0.1, 0.15) is 0 Å². The van der Waals surface area contributed by atoms with Crippen LogP contribution in [0.2, 0.25) is 5.02 Å². The summed E-state index contributed by atoms with van der Waals surface area (Å²) in [5.74, 6) is 0.499. The van der Waals surface area contributed by atoms with E-state index >= 15 is 0 Å². The lowest BCUT2D eigenvalue weighted by Gasteiger charge is -2.11. The second kappa shape index (κ2) is 5.64. The van der Waals surface area contributed by atoms with Crippen LogP contribution in [0.5, 0.6) is 0 Å². The number of benzene rings is 1. The van der Waals surface area contributed by atoms with E-state index in [0.717, 1.165) is 0 Å². The molecule has 6 nitrogen and oxygen atoms in total. The molecule has 0 aliphatic heterocycles. The Hall–Kier alpha value is -1.86. The third kappa shape index (κ3) is 3.37. The Kier molecular flexibility index (Phi) is 4.10. The molecule has 0 saturated carbocycles. The predicted molar refractivity (Wildman–Crippen MR) is 78.6 cm³/mol. The van der Waals surface area contributed by atoms with Gasteiger partial charge in [0.05, 0.1) is 23.0 Å². The molecule has 0 radical (unpaired) electrons. The number of nitrogens with one attached hydrogen (secondary N) is 1. The van der Waals surface area contributed by atoms with E-state index < -0.39 is 10.0 Å². The summed E-state index contributed by atoms with van der Waals surface area (Å²) in [4.78, 5) is 9.92. The highest BCUT2D eigenvalue weighted by molar-refractivity contribution is 7.92. The number of hydrogen-bond acceptors (Lipinski definition) is 5. The Labute approximate surface area is 122 Å². The van der Waals surface area contributed by atoms with E-state index in [4.69, 9.17) is 11.6 Å². The highest BCUT2D eigenvalue weighted by atomic mass is 35.5. The average molecular weight is 313 g/mol. The van der Waals surface area contributed by atoms with Crippen molar-refractivity contribution in [3.8, 4) is 0 Å². The van der Waals surface area contributed by atoms with Gasteiger partial charge in [-0.3, -0.25) is 4.72 Å². The number of rotatable bonds is 4. The number of anilines is 2. The zero-order valence-electron chi connectivity index (χ0n) is 10.9. The summed E-state index contributed by atoms with van der Waals surface area (Å²) >= 11 is 5.73. The Balaban J connectivity index is 2.22. The Bertz CT molecular complexity index is 684. The molecule has 0 spiro atoms. The zero-order valence-corrected chi connectivity index (χ0v) is 12.5. The van der Waals surface area contributed by atoms with Crippen molar-refractivity contribution in [2.45, 2.75) is 4.90 Å². The minimum Gasteiger partial charge on any atom is -0.347 e. The molecule has 0 saturated heterocycles. The first kappa shape index (κ1) is 14.5. The molecule has 20 heavy (non-hydrogen) atoms.